The van der Waals surface area contributed by atoms with Crippen LogP contribution in [0.15, 0.2) is 24.3 Å². The van der Waals surface area contributed by atoms with Crippen molar-refractivity contribution in [3.05, 3.63) is 24.3 Å². The lowest BCUT2D eigenvalue weighted by atomic mass is 9.75. The van der Waals surface area contributed by atoms with E-state index in [0.717, 1.165) is 6.08 Å². The van der Waals surface area contributed by atoms with Crippen molar-refractivity contribution < 1.29 is 24.6 Å². The van der Waals surface area contributed by atoms with Crippen LogP contribution < -0.4 is 10.2 Å². The van der Waals surface area contributed by atoms with Crippen LogP contribution in [0, 0.1) is 5.41 Å². The van der Waals surface area contributed by atoms with Crippen molar-refractivity contribution in [1.82, 2.24) is 0 Å². The number of rotatable bonds is 4. The van der Waals surface area contributed by atoms with Crippen molar-refractivity contribution in [3.63, 3.8) is 0 Å². The third kappa shape index (κ3) is 2.52. The van der Waals surface area contributed by atoms with Gasteiger partial charge in [-0.2, -0.15) is 0 Å². The highest BCUT2D eigenvalue weighted by Gasteiger charge is 2.35. The Morgan fingerprint density at radius 3 is 2.07 bits per heavy atom. The molecule has 0 atom stereocenters. The Morgan fingerprint density at radius 2 is 1.67 bits per heavy atom. The number of aliphatic carboxylic acids is 2. The average molecular weight is 208 g/mol. The van der Waals surface area contributed by atoms with E-state index in [9.17, 15) is 24.6 Å². The van der Waals surface area contributed by atoms with Crippen LogP contribution in [0.3, 0.4) is 0 Å². The normalized spacial score (nSPS) is 17.7. The SMILES string of the molecule is O=C([O-])CC1(CC(=O)[O-])C=CC=CC1=O. The maximum atomic E-state index is 11.5. The number of hydrogen-bond donors (Lipinski definition) is 0. The predicted octanol–water partition coefficient (Wildman–Crippen LogP) is -2.05. The zero-order chi connectivity index (χ0) is 11.5. The number of allylic oxidation sites excluding steroid dienone is 4. The second-order valence-electron chi connectivity index (χ2n) is 3.34. The van der Waals surface area contributed by atoms with Crippen molar-refractivity contribution in [2.24, 2.45) is 5.41 Å². The summed E-state index contributed by atoms with van der Waals surface area (Å²) >= 11 is 0. The summed E-state index contributed by atoms with van der Waals surface area (Å²) in [6, 6.07) is 0. The van der Waals surface area contributed by atoms with Crippen molar-refractivity contribution in [2.75, 3.05) is 0 Å². The Kier molecular flexibility index (Phi) is 3.04. The third-order valence-corrected chi connectivity index (χ3v) is 2.18. The lowest BCUT2D eigenvalue weighted by molar-refractivity contribution is -0.311. The summed E-state index contributed by atoms with van der Waals surface area (Å²) in [5.74, 6) is -3.49. The molecule has 0 amide bonds. The van der Waals surface area contributed by atoms with Gasteiger partial charge in [0.05, 0.1) is 5.41 Å². The van der Waals surface area contributed by atoms with E-state index in [4.69, 9.17) is 0 Å². The minimum Gasteiger partial charge on any atom is -0.550 e. The Bertz CT molecular complexity index is 348. The van der Waals surface area contributed by atoms with Crippen molar-refractivity contribution in [1.29, 1.82) is 0 Å². The maximum absolute atomic E-state index is 11.5. The van der Waals surface area contributed by atoms with Gasteiger partial charge in [0.1, 0.15) is 0 Å². The Hall–Kier alpha value is -1.91. The van der Waals surface area contributed by atoms with Crippen LogP contribution in [0.5, 0.6) is 0 Å². The molecular weight excluding hydrogens is 200 g/mol. The van der Waals surface area contributed by atoms with Gasteiger partial charge in [-0.05, 0) is 6.08 Å². The first-order valence-corrected chi connectivity index (χ1v) is 4.26. The summed E-state index contributed by atoms with van der Waals surface area (Å²) in [6.45, 7) is 0. The molecule has 1 rings (SSSR count). The van der Waals surface area contributed by atoms with Crippen molar-refractivity contribution >= 4 is 17.7 Å². The maximum Gasteiger partial charge on any atom is 0.166 e. The topological polar surface area (TPSA) is 97.3 Å². The molecule has 1 aliphatic rings. The summed E-state index contributed by atoms with van der Waals surface area (Å²) in [5.41, 5.74) is -1.55. The lowest BCUT2D eigenvalue weighted by Gasteiger charge is -2.30. The highest BCUT2D eigenvalue weighted by Crippen LogP contribution is 2.32. The molecule has 0 unspecified atom stereocenters. The van der Waals surface area contributed by atoms with E-state index in [-0.39, 0.29) is 0 Å². The Morgan fingerprint density at radius 1 is 1.13 bits per heavy atom. The first kappa shape index (κ1) is 11.2. The molecule has 0 heterocycles. The smallest absolute Gasteiger partial charge is 0.166 e. The molecule has 0 radical (unpaired) electrons. The monoisotopic (exact) mass is 208 g/mol. The van der Waals surface area contributed by atoms with Gasteiger partial charge in [0.15, 0.2) is 5.78 Å². The Balaban J connectivity index is 3.00. The first-order chi connectivity index (χ1) is 6.96. The van der Waals surface area contributed by atoms with Gasteiger partial charge in [-0.3, -0.25) is 4.79 Å². The number of carboxylic acid groups (broad SMARTS) is 2. The molecule has 0 N–H and O–H groups in total. The minimum absolute atomic E-state index is 0.557. The second-order valence-corrected chi connectivity index (χ2v) is 3.34. The number of carbonyl (C=O) groups excluding carboxylic acids is 3. The van der Waals surface area contributed by atoms with Gasteiger partial charge in [-0.1, -0.05) is 18.2 Å². The van der Waals surface area contributed by atoms with Gasteiger partial charge in [0.2, 0.25) is 0 Å². The fourth-order valence-electron chi connectivity index (χ4n) is 1.50. The number of ketones is 1. The van der Waals surface area contributed by atoms with Gasteiger partial charge in [0.25, 0.3) is 0 Å². The van der Waals surface area contributed by atoms with E-state index in [1.165, 1.54) is 18.2 Å². The molecule has 0 saturated carbocycles. The molecule has 5 nitrogen and oxygen atoms in total. The molecule has 5 heteroatoms. The van der Waals surface area contributed by atoms with Gasteiger partial charge in [-0.25, -0.2) is 0 Å². The molecule has 0 aromatic rings. The largest absolute Gasteiger partial charge is 0.550 e. The van der Waals surface area contributed by atoms with Gasteiger partial charge in [0, 0.05) is 24.8 Å². The fourth-order valence-corrected chi connectivity index (χ4v) is 1.50. The summed E-state index contributed by atoms with van der Waals surface area (Å²) in [7, 11) is 0. The summed E-state index contributed by atoms with van der Waals surface area (Å²) < 4.78 is 0. The van der Waals surface area contributed by atoms with Crippen LogP contribution in [-0.4, -0.2) is 17.7 Å². The minimum atomic E-state index is -1.55. The standard InChI is InChI=1S/C10H10O5/c11-7-3-1-2-4-10(7,5-8(12)13)6-9(14)15/h1-4H,5-6H2,(H,12,13)(H,14,15)/p-2. The van der Waals surface area contributed by atoms with E-state index in [1.54, 1.807) is 0 Å². The van der Waals surface area contributed by atoms with Crippen molar-refractivity contribution in [3.8, 4) is 0 Å². The molecule has 80 valence electrons. The molecular formula is C10H8O5-2. The predicted molar refractivity (Wildman–Crippen MR) is 45.0 cm³/mol. The molecule has 0 saturated heterocycles. The van der Waals surface area contributed by atoms with E-state index < -0.39 is 36.0 Å². The van der Waals surface area contributed by atoms with E-state index in [2.05, 4.69) is 0 Å². The summed E-state index contributed by atoms with van der Waals surface area (Å²) in [5, 5.41) is 20.9. The quantitative estimate of drug-likeness (QED) is 0.529. The molecule has 1 aliphatic carbocycles. The van der Waals surface area contributed by atoms with Gasteiger partial charge >= 0.3 is 0 Å². The average Bonchev–Trinajstić information content (AvgIpc) is 2.08. The highest BCUT2D eigenvalue weighted by molar-refractivity contribution is 6.01. The van der Waals surface area contributed by atoms with E-state index in [0.29, 0.717) is 0 Å². The van der Waals surface area contributed by atoms with Crippen LogP contribution in [0.25, 0.3) is 0 Å². The van der Waals surface area contributed by atoms with Crippen LogP contribution in [0.1, 0.15) is 12.8 Å². The lowest BCUT2D eigenvalue weighted by Crippen LogP contribution is -2.41. The van der Waals surface area contributed by atoms with Crippen LogP contribution >= 0.6 is 0 Å². The zero-order valence-electron chi connectivity index (χ0n) is 7.76. The molecule has 0 spiro atoms. The summed E-state index contributed by atoms with van der Waals surface area (Å²) in [6.07, 6.45) is 3.96. The van der Waals surface area contributed by atoms with E-state index in [1.807, 2.05) is 0 Å². The molecule has 0 bridgehead atoms. The van der Waals surface area contributed by atoms with Gasteiger partial charge in [-0.15, -0.1) is 0 Å². The molecule has 0 aliphatic heterocycles. The second kappa shape index (κ2) is 4.08. The van der Waals surface area contributed by atoms with Crippen LogP contribution in [0.2, 0.25) is 0 Å². The molecule has 0 fully saturated rings. The fraction of sp³-hybridized carbons (Fsp3) is 0.300. The van der Waals surface area contributed by atoms with E-state index >= 15 is 0 Å². The first-order valence-electron chi connectivity index (χ1n) is 4.26. The molecule has 0 aromatic carbocycles. The highest BCUT2D eigenvalue weighted by atomic mass is 16.4. The third-order valence-electron chi connectivity index (χ3n) is 2.18. The van der Waals surface area contributed by atoms with Crippen LogP contribution in [0.4, 0.5) is 0 Å². The molecule has 15 heavy (non-hydrogen) atoms. The number of hydrogen-bond acceptors (Lipinski definition) is 5. The van der Waals surface area contributed by atoms with Crippen LogP contribution in [-0.2, 0) is 14.4 Å². The van der Waals surface area contributed by atoms with Crippen molar-refractivity contribution in [2.45, 2.75) is 12.8 Å². The van der Waals surface area contributed by atoms with Gasteiger partial charge < -0.3 is 19.8 Å². The zero-order valence-corrected chi connectivity index (χ0v) is 7.76. The Labute approximate surface area is 85.7 Å². The molecule has 0 aromatic heterocycles. The number of carboxylic acids is 2. The number of carbonyl (C=O) groups is 3. The summed E-state index contributed by atoms with van der Waals surface area (Å²) in [4.78, 5) is 32.4.